The van der Waals surface area contributed by atoms with Crippen LogP contribution in [0.4, 0.5) is 5.69 Å². The van der Waals surface area contributed by atoms with Crippen LogP contribution in [-0.4, -0.2) is 39.4 Å². The Bertz CT molecular complexity index is 843. The van der Waals surface area contributed by atoms with Crippen molar-refractivity contribution in [2.75, 3.05) is 38.9 Å². The van der Waals surface area contributed by atoms with Gasteiger partial charge in [0.25, 0.3) is 0 Å². The Morgan fingerprint density at radius 3 is 2.45 bits per heavy atom. The number of carbonyl (C=O) groups excluding carboxylic acids is 1. The number of rotatable bonds is 7. The fraction of sp³-hybridized carbons (Fsp3) is 0.435. The molecule has 29 heavy (non-hydrogen) atoms. The monoisotopic (exact) mass is 397 g/mol. The summed E-state index contributed by atoms with van der Waals surface area (Å²) in [4.78, 5) is 13.4. The number of amides is 1. The number of ether oxygens (including phenoxy) is 4. The van der Waals surface area contributed by atoms with E-state index in [9.17, 15) is 4.79 Å². The van der Waals surface area contributed by atoms with Gasteiger partial charge in [-0.05, 0) is 54.8 Å². The molecule has 1 amide bonds. The molecule has 154 valence electrons. The van der Waals surface area contributed by atoms with Gasteiger partial charge in [0, 0.05) is 12.8 Å². The Hall–Kier alpha value is -2.73. The van der Waals surface area contributed by atoms with Crippen LogP contribution in [0.5, 0.6) is 17.2 Å². The van der Waals surface area contributed by atoms with E-state index >= 15 is 0 Å². The van der Waals surface area contributed by atoms with E-state index in [1.54, 1.807) is 7.11 Å². The third kappa shape index (κ3) is 4.17. The summed E-state index contributed by atoms with van der Waals surface area (Å²) in [5.41, 5.74) is 1.22. The summed E-state index contributed by atoms with van der Waals surface area (Å²) in [6.07, 6.45) is 3.73. The smallest absolute Gasteiger partial charge is 0.235 e. The molecule has 0 bridgehead atoms. The van der Waals surface area contributed by atoms with Crippen molar-refractivity contribution in [3.05, 3.63) is 48.0 Å². The van der Waals surface area contributed by atoms with Gasteiger partial charge in [-0.1, -0.05) is 18.9 Å². The van der Waals surface area contributed by atoms with Gasteiger partial charge < -0.3 is 24.3 Å². The second-order valence-electron chi connectivity index (χ2n) is 7.47. The summed E-state index contributed by atoms with van der Waals surface area (Å²) in [7, 11) is 1.64. The maximum atomic E-state index is 13.4. The normalized spacial score (nSPS) is 17.0. The van der Waals surface area contributed by atoms with Gasteiger partial charge in [-0.15, -0.1) is 0 Å². The SMILES string of the molecule is COCCOc1ccc(NC(=O)C2(c3ccc4c(c3)OCCO4)CCCC2)cc1. The standard InChI is InChI=1S/C23H27NO5/c1-26-12-13-27-19-7-5-18(6-8-19)24-22(25)23(10-2-3-11-23)17-4-9-20-21(16-17)29-15-14-28-20/h4-9,16H,2-3,10-15H2,1H3,(H,24,25). The van der Waals surface area contributed by atoms with Gasteiger partial charge in [0.15, 0.2) is 11.5 Å². The topological polar surface area (TPSA) is 66.0 Å². The van der Waals surface area contributed by atoms with Crippen LogP contribution in [0, 0.1) is 0 Å². The number of anilines is 1. The van der Waals surface area contributed by atoms with Crippen molar-refractivity contribution in [2.24, 2.45) is 0 Å². The lowest BCUT2D eigenvalue weighted by atomic mass is 9.77. The number of hydrogen-bond acceptors (Lipinski definition) is 5. The molecule has 0 spiro atoms. The Balaban J connectivity index is 1.50. The zero-order valence-corrected chi connectivity index (χ0v) is 16.7. The quantitative estimate of drug-likeness (QED) is 0.717. The molecule has 1 aliphatic carbocycles. The van der Waals surface area contributed by atoms with Crippen molar-refractivity contribution in [3.8, 4) is 17.2 Å². The van der Waals surface area contributed by atoms with Crippen molar-refractivity contribution in [1.29, 1.82) is 0 Å². The van der Waals surface area contributed by atoms with Gasteiger partial charge in [0.05, 0.1) is 12.0 Å². The maximum Gasteiger partial charge on any atom is 0.235 e. The van der Waals surface area contributed by atoms with Crippen LogP contribution in [-0.2, 0) is 14.9 Å². The third-order valence-electron chi connectivity index (χ3n) is 5.65. The van der Waals surface area contributed by atoms with Gasteiger partial charge >= 0.3 is 0 Å². The Labute approximate surface area is 171 Å². The van der Waals surface area contributed by atoms with Crippen LogP contribution in [0.25, 0.3) is 0 Å². The van der Waals surface area contributed by atoms with Crippen molar-refractivity contribution in [1.82, 2.24) is 0 Å². The summed E-state index contributed by atoms with van der Waals surface area (Å²) in [5, 5.41) is 3.11. The second-order valence-corrected chi connectivity index (χ2v) is 7.47. The summed E-state index contributed by atoms with van der Waals surface area (Å²) in [5.74, 6) is 2.25. The number of methoxy groups -OCH3 is 1. The maximum absolute atomic E-state index is 13.4. The minimum Gasteiger partial charge on any atom is -0.491 e. The van der Waals surface area contributed by atoms with Crippen molar-refractivity contribution in [3.63, 3.8) is 0 Å². The molecule has 1 fully saturated rings. The first-order chi connectivity index (χ1) is 14.2. The summed E-state index contributed by atoms with van der Waals surface area (Å²) in [6.45, 7) is 2.13. The molecule has 1 N–H and O–H groups in total. The second kappa shape index (κ2) is 8.74. The lowest BCUT2D eigenvalue weighted by molar-refractivity contribution is -0.121. The highest BCUT2D eigenvalue weighted by Crippen LogP contribution is 2.45. The minimum atomic E-state index is -0.538. The highest BCUT2D eigenvalue weighted by Gasteiger charge is 2.43. The number of nitrogens with one attached hydrogen (secondary N) is 1. The van der Waals surface area contributed by atoms with Crippen LogP contribution in [0.2, 0.25) is 0 Å². The number of hydrogen-bond donors (Lipinski definition) is 1. The Kier molecular flexibility index (Phi) is 5.90. The van der Waals surface area contributed by atoms with E-state index in [1.165, 1.54) is 0 Å². The van der Waals surface area contributed by atoms with E-state index in [0.717, 1.165) is 54.2 Å². The van der Waals surface area contributed by atoms with E-state index in [1.807, 2.05) is 42.5 Å². The minimum absolute atomic E-state index is 0.0275. The summed E-state index contributed by atoms with van der Waals surface area (Å²) >= 11 is 0. The highest BCUT2D eigenvalue weighted by atomic mass is 16.6. The van der Waals surface area contributed by atoms with Crippen LogP contribution >= 0.6 is 0 Å². The fourth-order valence-corrected chi connectivity index (χ4v) is 4.09. The molecule has 0 radical (unpaired) electrons. The molecule has 2 aromatic carbocycles. The van der Waals surface area contributed by atoms with E-state index in [2.05, 4.69) is 5.32 Å². The molecule has 0 unspecified atom stereocenters. The molecular weight excluding hydrogens is 370 g/mol. The zero-order chi connectivity index (χ0) is 20.1. The van der Waals surface area contributed by atoms with Gasteiger partial charge in [0.2, 0.25) is 5.91 Å². The predicted octanol–water partition coefficient (Wildman–Crippen LogP) is 3.93. The third-order valence-corrected chi connectivity index (χ3v) is 5.65. The molecule has 6 heteroatoms. The summed E-state index contributed by atoms with van der Waals surface area (Å²) < 4.78 is 21.9. The first-order valence-corrected chi connectivity index (χ1v) is 10.1. The number of carbonyl (C=O) groups is 1. The zero-order valence-electron chi connectivity index (χ0n) is 16.7. The molecular formula is C23H27NO5. The predicted molar refractivity (Wildman–Crippen MR) is 110 cm³/mol. The average molecular weight is 397 g/mol. The van der Waals surface area contributed by atoms with Crippen LogP contribution in [0.3, 0.4) is 0 Å². The Morgan fingerprint density at radius 2 is 1.72 bits per heavy atom. The molecule has 1 saturated carbocycles. The van der Waals surface area contributed by atoms with E-state index in [0.29, 0.717) is 26.4 Å². The lowest BCUT2D eigenvalue weighted by Gasteiger charge is -2.30. The van der Waals surface area contributed by atoms with Crippen LogP contribution in [0.15, 0.2) is 42.5 Å². The molecule has 0 aromatic heterocycles. The first kappa shape index (κ1) is 19.6. The molecule has 0 atom stereocenters. The van der Waals surface area contributed by atoms with Crippen LogP contribution < -0.4 is 19.5 Å². The van der Waals surface area contributed by atoms with E-state index < -0.39 is 5.41 Å². The van der Waals surface area contributed by atoms with Gasteiger partial charge in [-0.3, -0.25) is 4.79 Å². The highest BCUT2D eigenvalue weighted by molar-refractivity contribution is 5.99. The summed E-state index contributed by atoms with van der Waals surface area (Å²) in [6, 6.07) is 13.4. The molecule has 1 aliphatic heterocycles. The molecule has 4 rings (SSSR count). The molecule has 1 heterocycles. The largest absolute Gasteiger partial charge is 0.491 e. The number of fused-ring (bicyclic) bond motifs is 1. The first-order valence-electron chi connectivity index (χ1n) is 10.1. The van der Waals surface area contributed by atoms with Gasteiger partial charge in [-0.2, -0.15) is 0 Å². The molecule has 2 aliphatic rings. The lowest BCUT2D eigenvalue weighted by Crippen LogP contribution is -2.38. The van der Waals surface area contributed by atoms with Gasteiger partial charge in [0.1, 0.15) is 25.6 Å². The molecule has 0 saturated heterocycles. The Morgan fingerprint density at radius 1 is 1.00 bits per heavy atom. The van der Waals surface area contributed by atoms with Crippen molar-refractivity contribution in [2.45, 2.75) is 31.1 Å². The van der Waals surface area contributed by atoms with Crippen molar-refractivity contribution >= 4 is 11.6 Å². The number of benzene rings is 2. The van der Waals surface area contributed by atoms with E-state index in [4.69, 9.17) is 18.9 Å². The van der Waals surface area contributed by atoms with E-state index in [-0.39, 0.29) is 5.91 Å². The fourth-order valence-electron chi connectivity index (χ4n) is 4.09. The molecule has 2 aromatic rings. The van der Waals surface area contributed by atoms with Crippen LogP contribution in [0.1, 0.15) is 31.2 Å². The van der Waals surface area contributed by atoms with Gasteiger partial charge in [-0.25, -0.2) is 0 Å². The molecule has 6 nitrogen and oxygen atoms in total. The van der Waals surface area contributed by atoms with Crippen molar-refractivity contribution < 1.29 is 23.7 Å². The average Bonchev–Trinajstić information content (AvgIpc) is 3.26.